The molecule has 1 saturated heterocycles. The zero-order valence-corrected chi connectivity index (χ0v) is 16.3. The van der Waals surface area contributed by atoms with E-state index in [2.05, 4.69) is 0 Å². The number of hydrogen-bond donors (Lipinski definition) is 0. The number of benzene rings is 2. The average molecular weight is 384 g/mol. The fraction of sp³-hybridized carbons (Fsp3) is 0.364. The molecule has 1 aliphatic rings. The minimum Gasteiger partial charge on any atom is -0.465 e. The lowest BCUT2D eigenvalue weighted by Crippen LogP contribution is -2.45. The Balaban J connectivity index is 1.89. The monoisotopic (exact) mass is 384 g/mol. The first-order valence-electron chi connectivity index (χ1n) is 9.49. The summed E-state index contributed by atoms with van der Waals surface area (Å²) < 4.78 is 19.4. The van der Waals surface area contributed by atoms with Gasteiger partial charge in [-0.1, -0.05) is 18.2 Å². The molecule has 2 amide bonds. The van der Waals surface area contributed by atoms with Gasteiger partial charge >= 0.3 is 12.0 Å². The van der Waals surface area contributed by atoms with Gasteiger partial charge in [0.25, 0.3) is 0 Å². The second-order valence-corrected chi connectivity index (χ2v) is 7.06. The molecule has 6 heteroatoms. The van der Waals surface area contributed by atoms with Crippen LogP contribution in [0.5, 0.6) is 0 Å². The minimum absolute atomic E-state index is 0.195. The predicted molar refractivity (Wildman–Crippen MR) is 106 cm³/mol. The summed E-state index contributed by atoms with van der Waals surface area (Å²) in [4.78, 5) is 28.1. The van der Waals surface area contributed by atoms with Crippen molar-refractivity contribution < 1.29 is 18.7 Å². The highest BCUT2D eigenvalue weighted by Gasteiger charge is 2.26. The second-order valence-electron chi connectivity index (χ2n) is 7.06. The standard InChI is InChI=1S/C22H25FN2O3/c1-16-6-11-20(19(23)14-16)25(22(27)24-12-4-3-5-13-24)15-17-7-9-18(10-8-17)21(26)28-2/h6-11,14H,3-5,12-13,15H2,1-2H3. The second kappa shape index (κ2) is 8.87. The molecule has 0 radical (unpaired) electrons. The van der Waals surface area contributed by atoms with E-state index in [1.807, 2.05) is 6.92 Å². The number of amides is 2. The van der Waals surface area contributed by atoms with Crippen LogP contribution in [0.25, 0.3) is 0 Å². The van der Waals surface area contributed by atoms with Crippen molar-refractivity contribution in [3.63, 3.8) is 0 Å². The SMILES string of the molecule is COC(=O)c1ccc(CN(C(=O)N2CCCCC2)c2ccc(C)cc2F)cc1. The molecule has 0 bridgehead atoms. The van der Waals surface area contributed by atoms with E-state index in [9.17, 15) is 14.0 Å². The number of urea groups is 1. The number of aryl methyl sites for hydroxylation is 1. The Morgan fingerprint density at radius 1 is 1.07 bits per heavy atom. The molecule has 2 aromatic carbocycles. The maximum Gasteiger partial charge on any atom is 0.337 e. The smallest absolute Gasteiger partial charge is 0.337 e. The van der Waals surface area contributed by atoms with Crippen molar-refractivity contribution in [1.82, 2.24) is 4.90 Å². The number of ether oxygens (including phenoxy) is 1. The Morgan fingerprint density at radius 2 is 1.75 bits per heavy atom. The molecule has 0 aromatic heterocycles. The number of piperidine rings is 1. The summed E-state index contributed by atoms with van der Waals surface area (Å²) in [6, 6.07) is 11.5. The van der Waals surface area contributed by atoms with E-state index in [-0.39, 0.29) is 18.3 Å². The lowest BCUT2D eigenvalue weighted by Gasteiger charge is -2.33. The number of anilines is 1. The molecule has 0 spiro atoms. The molecule has 1 aliphatic heterocycles. The van der Waals surface area contributed by atoms with Crippen LogP contribution in [-0.4, -0.2) is 37.1 Å². The highest BCUT2D eigenvalue weighted by Crippen LogP contribution is 2.25. The number of hydrogen-bond acceptors (Lipinski definition) is 3. The molecule has 0 saturated carbocycles. The van der Waals surface area contributed by atoms with Crippen LogP contribution in [-0.2, 0) is 11.3 Å². The number of methoxy groups -OCH3 is 1. The number of rotatable bonds is 4. The third kappa shape index (κ3) is 4.50. The van der Waals surface area contributed by atoms with E-state index >= 15 is 0 Å². The van der Waals surface area contributed by atoms with Gasteiger partial charge in [-0.25, -0.2) is 14.0 Å². The van der Waals surface area contributed by atoms with Crippen molar-refractivity contribution in [3.05, 3.63) is 65.0 Å². The summed E-state index contributed by atoms with van der Waals surface area (Å²) in [5.74, 6) is -0.839. The van der Waals surface area contributed by atoms with Gasteiger partial charge in [-0.3, -0.25) is 4.90 Å². The predicted octanol–water partition coefficient (Wildman–Crippen LogP) is 4.53. The van der Waals surface area contributed by atoms with E-state index < -0.39 is 11.8 Å². The first-order valence-corrected chi connectivity index (χ1v) is 9.49. The fourth-order valence-electron chi connectivity index (χ4n) is 3.39. The van der Waals surface area contributed by atoms with Crippen LogP contribution in [0.4, 0.5) is 14.9 Å². The van der Waals surface area contributed by atoms with Crippen LogP contribution < -0.4 is 4.90 Å². The van der Waals surface area contributed by atoms with Gasteiger partial charge in [-0.15, -0.1) is 0 Å². The maximum atomic E-state index is 14.7. The molecular weight excluding hydrogens is 359 g/mol. The lowest BCUT2D eigenvalue weighted by molar-refractivity contribution is 0.0600. The third-order valence-corrected chi connectivity index (χ3v) is 4.97. The van der Waals surface area contributed by atoms with Gasteiger partial charge in [-0.05, 0) is 61.6 Å². The van der Waals surface area contributed by atoms with Crippen LogP contribution in [0.2, 0.25) is 0 Å². The average Bonchev–Trinajstić information content (AvgIpc) is 2.72. The quantitative estimate of drug-likeness (QED) is 0.728. The number of likely N-dealkylation sites (tertiary alicyclic amines) is 1. The molecule has 0 aliphatic carbocycles. The van der Waals surface area contributed by atoms with Gasteiger partial charge in [0.2, 0.25) is 0 Å². The summed E-state index contributed by atoms with van der Waals surface area (Å²) >= 11 is 0. The summed E-state index contributed by atoms with van der Waals surface area (Å²) in [7, 11) is 1.33. The highest BCUT2D eigenvalue weighted by molar-refractivity contribution is 5.92. The van der Waals surface area contributed by atoms with E-state index in [1.165, 1.54) is 18.1 Å². The number of nitrogens with zero attached hydrogens (tertiary/aromatic N) is 2. The van der Waals surface area contributed by atoms with Gasteiger partial charge in [-0.2, -0.15) is 0 Å². The molecule has 5 nitrogen and oxygen atoms in total. The summed E-state index contributed by atoms with van der Waals surface area (Å²) in [6.45, 7) is 3.40. The minimum atomic E-state index is -0.420. The molecule has 0 N–H and O–H groups in total. The Bertz CT molecular complexity index is 845. The maximum absolute atomic E-state index is 14.7. The van der Waals surface area contributed by atoms with Crippen LogP contribution in [0, 0.1) is 12.7 Å². The molecule has 28 heavy (non-hydrogen) atoms. The van der Waals surface area contributed by atoms with Gasteiger partial charge in [0.15, 0.2) is 0 Å². The van der Waals surface area contributed by atoms with E-state index in [0.717, 1.165) is 30.4 Å². The topological polar surface area (TPSA) is 49.9 Å². The van der Waals surface area contributed by atoms with Crippen LogP contribution >= 0.6 is 0 Å². The fourth-order valence-corrected chi connectivity index (χ4v) is 3.39. The van der Waals surface area contributed by atoms with Gasteiger partial charge < -0.3 is 9.64 Å². The summed E-state index contributed by atoms with van der Waals surface area (Å²) in [5.41, 5.74) is 2.30. The number of carbonyl (C=O) groups is 2. The van der Waals surface area contributed by atoms with Crippen molar-refractivity contribution in [2.24, 2.45) is 0 Å². The van der Waals surface area contributed by atoms with E-state index in [1.54, 1.807) is 41.3 Å². The van der Waals surface area contributed by atoms with Crippen LogP contribution in [0.15, 0.2) is 42.5 Å². The first kappa shape index (κ1) is 19.9. The molecule has 1 heterocycles. The zero-order chi connectivity index (χ0) is 20.1. The molecule has 2 aromatic rings. The zero-order valence-electron chi connectivity index (χ0n) is 16.3. The largest absolute Gasteiger partial charge is 0.465 e. The lowest BCUT2D eigenvalue weighted by atomic mass is 10.1. The van der Waals surface area contributed by atoms with Crippen LogP contribution in [0.1, 0.15) is 40.7 Å². The Kier molecular flexibility index (Phi) is 6.29. The van der Waals surface area contributed by atoms with Crippen molar-refractivity contribution in [2.75, 3.05) is 25.1 Å². The van der Waals surface area contributed by atoms with Gasteiger partial charge in [0, 0.05) is 13.1 Å². The molecule has 1 fully saturated rings. The molecular formula is C22H25FN2O3. The first-order chi connectivity index (χ1) is 13.5. The number of carbonyl (C=O) groups excluding carboxylic acids is 2. The third-order valence-electron chi connectivity index (χ3n) is 4.97. The van der Waals surface area contributed by atoms with Crippen LogP contribution in [0.3, 0.4) is 0 Å². The Hall–Kier alpha value is -2.89. The number of halogens is 1. The highest BCUT2D eigenvalue weighted by atomic mass is 19.1. The molecule has 0 atom stereocenters. The molecule has 0 unspecified atom stereocenters. The Morgan fingerprint density at radius 3 is 2.36 bits per heavy atom. The Labute approximate surface area is 164 Å². The van der Waals surface area contributed by atoms with Crippen molar-refractivity contribution in [2.45, 2.75) is 32.7 Å². The van der Waals surface area contributed by atoms with E-state index in [0.29, 0.717) is 18.7 Å². The molecule has 3 rings (SSSR count). The van der Waals surface area contributed by atoms with Crippen molar-refractivity contribution >= 4 is 17.7 Å². The molecule has 148 valence electrons. The summed E-state index contributed by atoms with van der Waals surface area (Å²) in [5, 5.41) is 0. The van der Waals surface area contributed by atoms with Gasteiger partial charge in [0.1, 0.15) is 5.82 Å². The normalized spacial score (nSPS) is 13.9. The van der Waals surface area contributed by atoms with Gasteiger partial charge in [0.05, 0.1) is 24.9 Å². The van der Waals surface area contributed by atoms with E-state index in [4.69, 9.17) is 4.74 Å². The van der Waals surface area contributed by atoms with Crippen molar-refractivity contribution in [3.8, 4) is 0 Å². The summed E-state index contributed by atoms with van der Waals surface area (Å²) in [6.07, 6.45) is 3.03. The van der Waals surface area contributed by atoms with Crippen molar-refractivity contribution in [1.29, 1.82) is 0 Å². The number of esters is 1.